The van der Waals surface area contributed by atoms with Gasteiger partial charge < -0.3 is 15.4 Å². The van der Waals surface area contributed by atoms with Crippen molar-refractivity contribution in [3.63, 3.8) is 0 Å². The van der Waals surface area contributed by atoms with Crippen molar-refractivity contribution in [2.24, 2.45) is 5.73 Å². The Morgan fingerprint density at radius 3 is 2.56 bits per heavy atom. The Morgan fingerprint density at radius 1 is 1.44 bits per heavy atom. The normalized spacial score (nSPS) is 28.0. The number of hydrogen-bond donors (Lipinski definition) is 1. The van der Waals surface area contributed by atoms with Gasteiger partial charge in [-0.25, -0.2) is 4.79 Å². The van der Waals surface area contributed by atoms with Crippen LogP contribution in [0.2, 0.25) is 0 Å². The summed E-state index contributed by atoms with van der Waals surface area (Å²) in [5, 5.41) is 0. The number of likely N-dealkylation sites (tertiary alicyclic amines) is 1. The number of nitrogens with two attached hydrogens (primary N) is 1. The highest BCUT2D eigenvalue weighted by molar-refractivity contribution is 5.70. The number of carbonyl (C=O) groups excluding carboxylic acids is 1. The molecule has 1 saturated carbocycles. The van der Waals surface area contributed by atoms with E-state index in [0.29, 0.717) is 0 Å². The molecule has 1 aliphatic carbocycles. The van der Waals surface area contributed by atoms with Gasteiger partial charge in [0.05, 0.1) is 5.54 Å². The maximum Gasteiger partial charge on any atom is 0.410 e. The second kappa shape index (κ2) is 3.62. The molecule has 4 nitrogen and oxygen atoms in total. The largest absolute Gasteiger partial charge is 0.444 e. The first-order valence-electron chi connectivity index (χ1n) is 6.11. The van der Waals surface area contributed by atoms with Gasteiger partial charge in [0.2, 0.25) is 0 Å². The average Bonchev–Trinajstić information content (AvgIpc) is 2.88. The number of hydrogen-bond acceptors (Lipinski definition) is 3. The first-order valence-corrected chi connectivity index (χ1v) is 6.11. The minimum Gasteiger partial charge on any atom is -0.444 e. The molecular formula is C12H22N2O2. The molecule has 1 amide bonds. The maximum atomic E-state index is 12.1. The first kappa shape index (κ1) is 11.7. The molecule has 1 spiro atoms. The van der Waals surface area contributed by atoms with E-state index in [1.165, 1.54) is 0 Å². The third-order valence-electron chi connectivity index (χ3n) is 3.50. The van der Waals surface area contributed by atoms with Gasteiger partial charge in [0.1, 0.15) is 5.60 Å². The van der Waals surface area contributed by atoms with Crippen molar-refractivity contribution in [2.75, 3.05) is 6.54 Å². The van der Waals surface area contributed by atoms with Crippen LogP contribution in [-0.2, 0) is 4.74 Å². The average molecular weight is 226 g/mol. The topological polar surface area (TPSA) is 55.6 Å². The fraction of sp³-hybridized carbons (Fsp3) is 0.917. The van der Waals surface area contributed by atoms with Gasteiger partial charge in [0.25, 0.3) is 0 Å². The van der Waals surface area contributed by atoms with Crippen LogP contribution in [0.4, 0.5) is 4.79 Å². The Balaban J connectivity index is 2.06. The molecule has 1 unspecified atom stereocenters. The van der Waals surface area contributed by atoms with Crippen LogP contribution in [0.15, 0.2) is 0 Å². The molecule has 2 rings (SSSR count). The summed E-state index contributed by atoms with van der Waals surface area (Å²) >= 11 is 0. The Bertz CT molecular complexity index is 292. The van der Waals surface area contributed by atoms with E-state index < -0.39 is 5.60 Å². The lowest BCUT2D eigenvalue weighted by Gasteiger charge is -2.40. The minimum absolute atomic E-state index is 0.0689. The molecule has 1 aliphatic heterocycles. The molecule has 4 heteroatoms. The van der Waals surface area contributed by atoms with Crippen LogP contribution in [0.3, 0.4) is 0 Å². The molecule has 1 heterocycles. The third kappa shape index (κ3) is 2.03. The Morgan fingerprint density at radius 2 is 2.06 bits per heavy atom. The second-order valence-electron chi connectivity index (χ2n) is 5.98. The molecular weight excluding hydrogens is 204 g/mol. The van der Waals surface area contributed by atoms with Crippen LogP contribution >= 0.6 is 0 Å². The van der Waals surface area contributed by atoms with E-state index in [2.05, 4.69) is 0 Å². The molecule has 2 aliphatic rings. The molecule has 1 saturated heterocycles. The molecule has 16 heavy (non-hydrogen) atoms. The number of piperidine rings is 1. The van der Waals surface area contributed by atoms with E-state index in [1.807, 2.05) is 25.7 Å². The third-order valence-corrected chi connectivity index (χ3v) is 3.50. The van der Waals surface area contributed by atoms with Crippen LogP contribution in [-0.4, -0.2) is 34.7 Å². The smallest absolute Gasteiger partial charge is 0.410 e. The molecule has 92 valence electrons. The van der Waals surface area contributed by atoms with Crippen LogP contribution < -0.4 is 5.73 Å². The summed E-state index contributed by atoms with van der Waals surface area (Å²) in [5.74, 6) is 0. The number of carbonyl (C=O) groups is 1. The van der Waals surface area contributed by atoms with Gasteiger partial charge in [-0.3, -0.25) is 0 Å². The molecule has 1 atom stereocenters. The van der Waals surface area contributed by atoms with Crippen molar-refractivity contribution in [1.82, 2.24) is 4.90 Å². The van der Waals surface area contributed by atoms with Crippen LogP contribution in [0.1, 0.15) is 46.5 Å². The molecule has 0 aromatic heterocycles. The van der Waals surface area contributed by atoms with Crippen molar-refractivity contribution < 1.29 is 9.53 Å². The summed E-state index contributed by atoms with van der Waals surface area (Å²) in [7, 11) is 0. The van der Waals surface area contributed by atoms with E-state index >= 15 is 0 Å². The van der Waals surface area contributed by atoms with Gasteiger partial charge in [-0.2, -0.15) is 0 Å². The lowest BCUT2D eigenvalue weighted by molar-refractivity contribution is 0.00226. The summed E-state index contributed by atoms with van der Waals surface area (Å²) < 4.78 is 5.43. The molecule has 0 aromatic carbocycles. The fourth-order valence-electron chi connectivity index (χ4n) is 2.52. The lowest BCUT2D eigenvalue weighted by Crippen LogP contribution is -2.57. The second-order valence-corrected chi connectivity index (χ2v) is 5.98. The van der Waals surface area contributed by atoms with Gasteiger partial charge >= 0.3 is 6.09 Å². The van der Waals surface area contributed by atoms with Gasteiger partial charge in [-0.1, -0.05) is 0 Å². The number of nitrogens with zero attached hydrogens (tertiary/aromatic N) is 1. The minimum atomic E-state index is -0.422. The van der Waals surface area contributed by atoms with Gasteiger partial charge in [-0.05, 0) is 46.5 Å². The standard InChI is InChI=1S/C12H22N2O2/c1-11(2,3)16-10(15)14-8-4-5-9(13)12(14)6-7-12/h9H,4-8,13H2,1-3H3. The van der Waals surface area contributed by atoms with Crippen LogP contribution in [0.25, 0.3) is 0 Å². The highest BCUT2D eigenvalue weighted by atomic mass is 16.6. The van der Waals surface area contributed by atoms with Gasteiger partial charge in [0.15, 0.2) is 0 Å². The zero-order chi connectivity index (χ0) is 12.0. The zero-order valence-corrected chi connectivity index (χ0v) is 10.5. The summed E-state index contributed by atoms with van der Waals surface area (Å²) in [6, 6.07) is 0.133. The number of amides is 1. The number of ether oxygens (including phenoxy) is 1. The van der Waals surface area contributed by atoms with Crippen molar-refractivity contribution in [3.8, 4) is 0 Å². The van der Waals surface area contributed by atoms with Crippen molar-refractivity contribution in [2.45, 2.75) is 63.6 Å². The Hall–Kier alpha value is -0.770. The molecule has 2 fully saturated rings. The summed E-state index contributed by atoms with van der Waals surface area (Å²) in [5.41, 5.74) is 5.63. The van der Waals surface area contributed by atoms with Crippen molar-refractivity contribution in [1.29, 1.82) is 0 Å². The Kier molecular flexibility index (Phi) is 2.65. The Labute approximate surface area is 97.1 Å². The van der Waals surface area contributed by atoms with Crippen molar-refractivity contribution >= 4 is 6.09 Å². The molecule has 0 radical (unpaired) electrons. The monoisotopic (exact) mass is 226 g/mol. The SMILES string of the molecule is CC(C)(C)OC(=O)N1CCCC(N)C12CC2. The van der Waals surface area contributed by atoms with Crippen LogP contribution in [0, 0.1) is 0 Å². The lowest BCUT2D eigenvalue weighted by atomic mass is 9.95. The van der Waals surface area contributed by atoms with E-state index in [0.717, 1.165) is 32.2 Å². The van der Waals surface area contributed by atoms with E-state index in [-0.39, 0.29) is 17.7 Å². The highest BCUT2D eigenvalue weighted by Crippen LogP contribution is 2.48. The van der Waals surface area contributed by atoms with Crippen molar-refractivity contribution in [3.05, 3.63) is 0 Å². The molecule has 2 N–H and O–H groups in total. The fourth-order valence-corrected chi connectivity index (χ4v) is 2.52. The highest BCUT2D eigenvalue weighted by Gasteiger charge is 2.56. The first-order chi connectivity index (χ1) is 7.35. The molecule has 0 aromatic rings. The van der Waals surface area contributed by atoms with Crippen LogP contribution in [0.5, 0.6) is 0 Å². The van der Waals surface area contributed by atoms with E-state index in [9.17, 15) is 4.79 Å². The summed E-state index contributed by atoms with van der Waals surface area (Å²) in [6.45, 7) is 6.49. The van der Waals surface area contributed by atoms with E-state index in [4.69, 9.17) is 10.5 Å². The quantitative estimate of drug-likeness (QED) is 0.686. The number of rotatable bonds is 0. The predicted octanol–water partition coefficient (Wildman–Crippen LogP) is 1.88. The summed E-state index contributed by atoms with van der Waals surface area (Å²) in [6.07, 6.45) is 3.89. The van der Waals surface area contributed by atoms with Gasteiger partial charge in [0, 0.05) is 12.6 Å². The summed E-state index contributed by atoms with van der Waals surface area (Å²) in [4.78, 5) is 13.9. The zero-order valence-electron chi connectivity index (χ0n) is 10.5. The molecule has 0 bridgehead atoms. The van der Waals surface area contributed by atoms with Gasteiger partial charge in [-0.15, -0.1) is 0 Å². The maximum absolute atomic E-state index is 12.1. The van der Waals surface area contributed by atoms with E-state index in [1.54, 1.807) is 0 Å². The predicted molar refractivity (Wildman–Crippen MR) is 62.1 cm³/mol.